The molecule has 3 heteroatoms. The second kappa shape index (κ2) is 22.5. The van der Waals surface area contributed by atoms with E-state index < -0.39 is 0 Å². The van der Waals surface area contributed by atoms with Crippen LogP contribution in [0.4, 0.5) is 0 Å². The van der Waals surface area contributed by atoms with E-state index in [2.05, 4.69) is 19.1 Å². The van der Waals surface area contributed by atoms with Crippen LogP contribution in [-0.4, -0.2) is 36.1 Å². The predicted molar refractivity (Wildman–Crippen MR) is 123 cm³/mol. The maximum absolute atomic E-state index is 11.7. The summed E-state index contributed by atoms with van der Waals surface area (Å²) in [5.74, 6) is 0.162. The van der Waals surface area contributed by atoms with Crippen molar-refractivity contribution >= 4 is 5.91 Å². The molecule has 0 heterocycles. The first-order valence-corrected chi connectivity index (χ1v) is 12.2. The summed E-state index contributed by atoms with van der Waals surface area (Å²) in [5, 5.41) is 8.82. The average molecular weight is 396 g/mol. The van der Waals surface area contributed by atoms with Gasteiger partial charge in [-0.05, 0) is 32.1 Å². The molecule has 0 aromatic rings. The van der Waals surface area contributed by atoms with Gasteiger partial charge in [-0.3, -0.25) is 4.79 Å². The molecular weight excluding hydrogens is 346 g/mol. The Morgan fingerprint density at radius 2 is 1.14 bits per heavy atom. The zero-order valence-corrected chi connectivity index (χ0v) is 19.1. The fourth-order valence-electron chi connectivity index (χ4n) is 3.52. The largest absolute Gasteiger partial charge is 0.395 e. The van der Waals surface area contributed by atoms with Gasteiger partial charge in [0.2, 0.25) is 5.91 Å². The van der Waals surface area contributed by atoms with Gasteiger partial charge in [-0.1, -0.05) is 96.1 Å². The van der Waals surface area contributed by atoms with E-state index in [0.29, 0.717) is 13.0 Å². The third-order valence-corrected chi connectivity index (χ3v) is 5.51. The molecule has 0 aliphatic rings. The van der Waals surface area contributed by atoms with E-state index >= 15 is 0 Å². The van der Waals surface area contributed by atoms with Gasteiger partial charge in [0.25, 0.3) is 0 Å². The maximum Gasteiger partial charge on any atom is 0.222 e. The third kappa shape index (κ3) is 19.9. The number of hydrogen-bond acceptors (Lipinski definition) is 2. The molecule has 0 spiro atoms. The molecule has 0 saturated carbocycles. The normalized spacial score (nSPS) is 11.4. The lowest BCUT2D eigenvalue weighted by atomic mass is 10.1. The van der Waals surface area contributed by atoms with Crippen LogP contribution >= 0.6 is 0 Å². The predicted octanol–water partition coefficient (Wildman–Crippen LogP) is 7.04. The molecule has 0 unspecified atom stereocenters. The Hall–Kier alpha value is -0.830. The molecule has 1 amide bonds. The number of aliphatic hydroxyl groups is 1. The van der Waals surface area contributed by atoms with Gasteiger partial charge in [0, 0.05) is 20.0 Å². The monoisotopic (exact) mass is 395 g/mol. The Bertz CT molecular complexity index is 354. The fourth-order valence-corrected chi connectivity index (χ4v) is 3.52. The molecule has 0 aliphatic heterocycles. The van der Waals surface area contributed by atoms with Crippen molar-refractivity contribution in [1.82, 2.24) is 4.90 Å². The summed E-state index contributed by atoms with van der Waals surface area (Å²) >= 11 is 0. The second-order valence-electron chi connectivity index (χ2n) is 8.29. The van der Waals surface area contributed by atoms with Gasteiger partial charge in [0.05, 0.1) is 6.61 Å². The molecule has 0 bridgehead atoms. The lowest BCUT2D eigenvalue weighted by molar-refractivity contribution is -0.130. The highest BCUT2D eigenvalue weighted by Crippen LogP contribution is 2.12. The van der Waals surface area contributed by atoms with Crippen LogP contribution in [0.5, 0.6) is 0 Å². The molecule has 0 aliphatic carbocycles. The Morgan fingerprint density at radius 1 is 0.714 bits per heavy atom. The Balaban J connectivity index is 3.19. The molecule has 0 atom stereocenters. The minimum atomic E-state index is 0.0533. The molecule has 0 aromatic heterocycles. The first kappa shape index (κ1) is 27.2. The summed E-state index contributed by atoms with van der Waals surface area (Å²) in [7, 11) is 1.77. The minimum absolute atomic E-state index is 0.0533. The van der Waals surface area contributed by atoms with Crippen molar-refractivity contribution < 1.29 is 9.90 Å². The molecule has 0 fully saturated rings. The van der Waals surface area contributed by atoms with Crippen LogP contribution < -0.4 is 0 Å². The SMILES string of the molecule is CCCCCCCCC=CCCCCCCCCCCCC(=O)N(C)CCO. The standard InChI is InChI=1S/C25H49NO2/c1-3-4-5-6-7-8-9-10-11-12-13-14-15-16-17-18-19-20-21-22-25(28)26(2)23-24-27/h10-11,27H,3-9,12-24H2,1-2H3. The molecule has 28 heavy (non-hydrogen) atoms. The number of carbonyl (C=O) groups is 1. The van der Waals surface area contributed by atoms with Gasteiger partial charge < -0.3 is 10.0 Å². The number of carbonyl (C=O) groups excluding carboxylic acids is 1. The number of unbranched alkanes of at least 4 members (excludes halogenated alkanes) is 15. The number of rotatable bonds is 21. The Labute approximate surface area is 176 Å². The van der Waals surface area contributed by atoms with Crippen LogP contribution in [0.15, 0.2) is 12.2 Å². The highest BCUT2D eigenvalue weighted by molar-refractivity contribution is 5.75. The molecule has 0 rings (SSSR count). The first-order valence-electron chi connectivity index (χ1n) is 12.2. The van der Waals surface area contributed by atoms with E-state index in [0.717, 1.165) is 12.8 Å². The molecule has 0 aromatic carbocycles. The smallest absolute Gasteiger partial charge is 0.222 e. The van der Waals surface area contributed by atoms with Crippen LogP contribution in [0, 0.1) is 0 Å². The van der Waals surface area contributed by atoms with Crippen molar-refractivity contribution in [3.05, 3.63) is 12.2 Å². The van der Waals surface area contributed by atoms with Crippen molar-refractivity contribution in [2.45, 2.75) is 122 Å². The number of hydrogen-bond donors (Lipinski definition) is 1. The average Bonchev–Trinajstić information content (AvgIpc) is 2.69. The summed E-state index contributed by atoms with van der Waals surface area (Å²) in [6, 6.07) is 0. The number of likely N-dealkylation sites (N-methyl/N-ethyl adjacent to an activating group) is 1. The van der Waals surface area contributed by atoms with E-state index in [1.165, 1.54) is 96.3 Å². The van der Waals surface area contributed by atoms with Crippen molar-refractivity contribution in [2.75, 3.05) is 20.2 Å². The van der Waals surface area contributed by atoms with Crippen LogP contribution in [0.1, 0.15) is 122 Å². The van der Waals surface area contributed by atoms with E-state index in [9.17, 15) is 4.79 Å². The molecule has 3 nitrogen and oxygen atoms in total. The van der Waals surface area contributed by atoms with Gasteiger partial charge in [-0.2, -0.15) is 0 Å². The van der Waals surface area contributed by atoms with E-state index in [4.69, 9.17) is 5.11 Å². The summed E-state index contributed by atoms with van der Waals surface area (Å²) in [6.07, 6.45) is 27.8. The Kier molecular flexibility index (Phi) is 21.8. The van der Waals surface area contributed by atoms with Crippen molar-refractivity contribution in [1.29, 1.82) is 0 Å². The summed E-state index contributed by atoms with van der Waals surface area (Å²) in [5.41, 5.74) is 0. The van der Waals surface area contributed by atoms with Gasteiger partial charge in [0.15, 0.2) is 0 Å². The summed E-state index contributed by atoms with van der Waals surface area (Å²) in [6.45, 7) is 2.78. The highest BCUT2D eigenvalue weighted by atomic mass is 16.3. The first-order chi connectivity index (χ1) is 13.7. The summed E-state index contributed by atoms with van der Waals surface area (Å²) in [4.78, 5) is 13.4. The molecule has 0 radical (unpaired) electrons. The van der Waals surface area contributed by atoms with Gasteiger partial charge in [-0.15, -0.1) is 0 Å². The van der Waals surface area contributed by atoms with Crippen LogP contribution in [0.3, 0.4) is 0 Å². The highest BCUT2D eigenvalue weighted by Gasteiger charge is 2.06. The maximum atomic E-state index is 11.7. The quantitative estimate of drug-likeness (QED) is 0.167. The van der Waals surface area contributed by atoms with E-state index in [-0.39, 0.29) is 12.5 Å². The zero-order chi connectivity index (χ0) is 20.7. The molecule has 0 saturated heterocycles. The lowest BCUT2D eigenvalue weighted by Crippen LogP contribution is -2.29. The topological polar surface area (TPSA) is 40.5 Å². The minimum Gasteiger partial charge on any atom is -0.395 e. The number of nitrogens with zero attached hydrogens (tertiary/aromatic N) is 1. The van der Waals surface area contributed by atoms with Gasteiger partial charge >= 0.3 is 0 Å². The van der Waals surface area contributed by atoms with Crippen molar-refractivity contribution in [2.24, 2.45) is 0 Å². The van der Waals surface area contributed by atoms with Gasteiger partial charge in [0.1, 0.15) is 0 Å². The second-order valence-corrected chi connectivity index (χ2v) is 8.29. The zero-order valence-electron chi connectivity index (χ0n) is 19.1. The van der Waals surface area contributed by atoms with Crippen molar-refractivity contribution in [3.8, 4) is 0 Å². The molecule has 166 valence electrons. The van der Waals surface area contributed by atoms with Crippen LogP contribution in [0.2, 0.25) is 0 Å². The number of amides is 1. The molecule has 1 N–H and O–H groups in total. The van der Waals surface area contributed by atoms with Crippen molar-refractivity contribution in [3.63, 3.8) is 0 Å². The lowest BCUT2D eigenvalue weighted by Gasteiger charge is -2.15. The van der Waals surface area contributed by atoms with E-state index in [1.807, 2.05) is 0 Å². The van der Waals surface area contributed by atoms with Crippen LogP contribution in [-0.2, 0) is 4.79 Å². The van der Waals surface area contributed by atoms with E-state index in [1.54, 1.807) is 11.9 Å². The number of aliphatic hydroxyl groups excluding tert-OH is 1. The van der Waals surface area contributed by atoms with Crippen LogP contribution in [0.25, 0.3) is 0 Å². The summed E-state index contributed by atoms with van der Waals surface area (Å²) < 4.78 is 0. The number of allylic oxidation sites excluding steroid dienone is 2. The molecular formula is C25H49NO2. The fraction of sp³-hybridized carbons (Fsp3) is 0.880. The third-order valence-electron chi connectivity index (χ3n) is 5.51. The Morgan fingerprint density at radius 3 is 1.61 bits per heavy atom. The van der Waals surface area contributed by atoms with Gasteiger partial charge in [-0.25, -0.2) is 0 Å².